The summed E-state index contributed by atoms with van der Waals surface area (Å²) in [6.07, 6.45) is 6.72. The molecule has 3 unspecified atom stereocenters. The molecule has 0 bridgehead atoms. The van der Waals surface area contributed by atoms with Crippen molar-refractivity contribution in [2.24, 2.45) is 23.7 Å². The van der Waals surface area contributed by atoms with Crippen LogP contribution in [-0.4, -0.2) is 262 Å². The van der Waals surface area contributed by atoms with Gasteiger partial charge in [0.25, 0.3) is 0 Å². The van der Waals surface area contributed by atoms with Gasteiger partial charge in [0.05, 0.1) is 19.1 Å². The van der Waals surface area contributed by atoms with Crippen molar-refractivity contribution in [3.05, 3.63) is 0 Å². The van der Waals surface area contributed by atoms with Crippen molar-refractivity contribution in [2.45, 2.75) is 267 Å². The molecule has 0 radical (unpaired) electrons. The van der Waals surface area contributed by atoms with Gasteiger partial charge in [-0.2, -0.15) is 0 Å². The maximum atomic E-state index is 15.3. The van der Waals surface area contributed by atoms with E-state index in [2.05, 4.69) is 43.9 Å². The molecule has 2 saturated carbocycles. The summed E-state index contributed by atoms with van der Waals surface area (Å²) in [6.45, 7) is 15.8. The maximum Gasteiger partial charge on any atom is 0.246 e. The van der Waals surface area contributed by atoms with E-state index in [1.807, 2.05) is 27.7 Å². The number of nitrogens with one attached hydrogen (secondary N) is 4. The summed E-state index contributed by atoms with van der Waals surface area (Å²) in [7, 11) is 10.3. The smallest absolute Gasteiger partial charge is 0.246 e. The summed E-state index contributed by atoms with van der Waals surface area (Å²) in [5, 5.41) is 11.5. The zero-order valence-corrected chi connectivity index (χ0v) is 62.5. The highest BCUT2D eigenvalue weighted by molar-refractivity contribution is 14.1. The average Bonchev–Trinajstić information content (AvgIpc) is 0.786. The number of alkyl halides is 2. The zero-order valence-electron chi connectivity index (χ0n) is 60.3. The zero-order chi connectivity index (χ0) is 71.8. The molecule has 0 aromatic heterocycles. The second-order valence-corrected chi connectivity index (χ2v) is 30.8. The Labute approximate surface area is 583 Å². The van der Waals surface area contributed by atoms with Crippen molar-refractivity contribution in [2.75, 3.05) is 75.6 Å². The second-order valence-electron chi connectivity index (χ2n) is 29.0. The molecule has 13 atom stereocenters. The molecule has 12 amide bonds. The summed E-state index contributed by atoms with van der Waals surface area (Å²) >= 11 is 2.19. The third-order valence-electron chi connectivity index (χ3n) is 21.3. The Balaban J connectivity index is 1.60. The van der Waals surface area contributed by atoms with Crippen LogP contribution in [0, 0.1) is 23.7 Å². The number of piperidine rings is 1. The van der Waals surface area contributed by atoms with E-state index in [0.29, 0.717) is 70.9 Å². The first-order valence-corrected chi connectivity index (χ1v) is 36.6. The van der Waals surface area contributed by atoms with Crippen LogP contribution < -0.4 is 21.3 Å². The number of carbonyl (C=O) groups excluding carboxylic acids is 12. The van der Waals surface area contributed by atoms with Gasteiger partial charge in [0.1, 0.15) is 66.1 Å². The Bertz CT molecular complexity index is 2720. The minimum Gasteiger partial charge on any atom is -0.381 e. The highest BCUT2D eigenvalue weighted by Gasteiger charge is 2.48. The summed E-state index contributed by atoms with van der Waals surface area (Å²) in [6, 6.07) is -10.8. The largest absolute Gasteiger partial charge is 0.381 e. The molecule has 25 nitrogen and oxygen atoms in total. The van der Waals surface area contributed by atoms with Crippen molar-refractivity contribution >= 4 is 93.5 Å². The lowest BCUT2D eigenvalue weighted by atomic mass is 9.82. The molecular weight excluding hydrogens is 1350 g/mol. The molecule has 0 spiro atoms. The van der Waals surface area contributed by atoms with Crippen molar-refractivity contribution in [3.8, 4) is 0 Å². The van der Waals surface area contributed by atoms with E-state index in [4.69, 9.17) is 4.74 Å². The molecule has 96 heavy (non-hydrogen) atoms. The molecule has 27 heteroatoms. The Morgan fingerprint density at radius 2 is 1.30 bits per heavy atom. The van der Waals surface area contributed by atoms with Crippen molar-refractivity contribution in [3.63, 3.8) is 0 Å². The van der Waals surface area contributed by atoms with Gasteiger partial charge >= 0.3 is 0 Å². The van der Waals surface area contributed by atoms with E-state index in [-0.39, 0.29) is 79.3 Å². The third-order valence-corrected chi connectivity index (χ3v) is 22.3. The van der Waals surface area contributed by atoms with Crippen molar-refractivity contribution < 1.29 is 66.7 Å². The molecule has 3 saturated heterocycles. The van der Waals surface area contributed by atoms with Crippen LogP contribution in [0.2, 0.25) is 0 Å². The number of likely N-dealkylation sites (tertiary alicyclic amines) is 1. The van der Waals surface area contributed by atoms with E-state index in [1.165, 1.54) is 97.4 Å². The van der Waals surface area contributed by atoms with Crippen LogP contribution in [0.5, 0.6) is 0 Å². The van der Waals surface area contributed by atoms with Gasteiger partial charge in [-0.1, -0.05) is 83.4 Å². The summed E-state index contributed by atoms with van der Waals surface area (Å²) in [5.41, 5.74) is -1.70. The molecule has 5 fully saturated rings. The van der Waals surface area contributed by atoms with Crippen LogP contribution in [0.4, 0.5) is 4.39 Å². The SMILES string of the molecule is CCCC[C@@H]1NC(=O)[C@H](CC2CC(F)CC(I)C2)NC(=O)CN(C)C(=O)[C@H](CC2CCC(OC)CC2)N(C)C(=O)[C@@H]2CCN2C(=O)[C@H](C)N(C)C(=O)[C@H]([C@@H](C)CC)NC(=O)[C@H](CC)N(C)C(=O)C[C@@H](C(=O)N2CCCCC2)N(C)C(=O)[C@H](CC(C)C)NC(=O)C(C)(C)N(C)C1=O. The lowest BCUT2D eigenvalue weighted by Gasteiger charge is -2.45. The fourth-order valence-corrected chi connectivity index (χ4v) is 15.4. The molecule has 0 aromatic carbocycles. The number of hydrogen-bond donors (Lipinski definition) is 4. The topological polar surface area (TPSA) is 288 Å². The summed E-state index contributed by atoms with van der Waals surface area (Å²) in [4.78, 5) is 188. The number of fused-ring (bicyclic) bond motifs is 1. The Morgan fingerprint density at radius 1 is 0.656 bits per heavy atom. The molecule has 3 heterocycles. The minimum atomic E-state index is -1.70. The first-order chi connectivity index (χ1) is 45.1. The molecule has 0 aromatic rings. The molecule has 4 N–H and O–H groups in total. The molecule has 544 valence electrons. The summed E-state index contributed by atoms with van der Waals surface area (Å²) in [5.74, 6) is -8.68. The Hall–Kier alpha value is -5.74. The predicted octanol–water partition coefficient (Wildman–Crippen LogP) is 4.59. The first kappa shape index (κ1) is 80.9. The molecule has 3 aliphatic heterocycles. The number of halogens is 2. The second kappa shape index (κ2) is 36.9. The van der Waals surface area contributed by atoms with Gasteiger partial charge in [-0.3, -0.25) is 57.5 Å². The summed E-state index contributed by atoms with van der Waals surface area (Å²) < 4.78 is 20.9. The number of methoxy groups -OCH3 is 1. The van der Waals surface area contributed by atoms with Crippen LogP contribution >= 0.6 is 22.6 Å². The van der Waals surface area contributed by atoms with Crippen molar-refractivity contribution in [1.82, 2.24) is 60.5 Å². The highest BCUT2D eigenvalue weighted by Crippen LogP contribution is 2.35. The van der Waals surface area contributed by atoms with E-state index >= 15 is 14.0 Å². The fourth-order valence-electron chi connectivity index (χ4n) is 14.1. The normalized spacial score (nSPS) is 31.5. The molecule has 2 aliphatic carbocycles. The van der Waals surface area contributed by atoms with Gasteiger partial charge < -0.3 is 65.2 Å². The highest BCUT2D eigenvalue weighted by atomic mass is 127. The lowest BCUT2D eigenvalue weighted by Crippen LogP contribution is -2.65. The quantitative estimate of drug-likeness (QED) is 0.137. The number of likely N-dealkylation sites (N-methyl/N-ethyl adjacent to an activating group) is 6. The number of carbonyl (C=O) groups is 12. The predicted molar refractivity (Wildman–Crippen MR) is 370 cm³/mol. The van der Waals surface area contributed by atoms with E-state index in [1.54, 1.807) is 25.9 Å². The standard InChI is InChI=1S/C69H116FIN12O13/c1-17-20-24-49-63(90)81(15)69(8,9)68(95)74-51(33-41(4)5)62(89)79(13)55(66(93)82-30-22-21-23-31-82)39-57(85)78(12)52(19-3)60(87)75-58(42(6)18-2)67(94)77(11)43(7)61(88)83-32-29-53(83)65(92)80(14)54(37-44-25-27-48(96-16)28-26-44)64(91)76(10)40-56(84)72-50(59(86)73-49)36-45-34-46(70)38-47(71)35-45/h41-55,58H,17-40H2,1-16H3,(H,72,84)(H,73,86)(H,74,95)(H,75,87)/t42-,43-,44?,45?,46?,47?,48?,49-,50-,51-,52-,53-,54-,55-,58-/m0/s1. The van der Waals surface area contributed by atoms with Gasteiger partial charge in [0.15, 0.2) is 0 Å². The number of unbranched alkanes of at least 4 members (excludes halogenated alkanes) is 1. The molecule has 5 rings (SSSR count). The molecule has 5 aliphatic rings. The number of rotatable bonds is 14. The van der Waals surface area contributed by atoms with Crippen LogP contribution in [0.1, 0.15) is 191 Å². The third kappa shape index (κ3) is 20.9. The Morgan fingerprint density at radius 3 is 1.86 bits per heavy atom. The van der Waals surface area contributed by atoms with Crippen LogP contribution in [0.3, 0.4) is 0 Å². The van der Waals surface area contributed by atoms with Crippen LogP contribution in [0.15, 0.2) is 0 Å². The van der Waals surface area contributed by atoms with Crippen LogP contribution in [0.25, 0.3) is 0 Å². The van der Waals surface area contributed by atoms with Gasteiger partial charge in [0, 0.05) is 73.0 Å². The van der Waals surface area contributed by atoms with Crippen LogP contribution in [-0.2, 0) is 62.3 Å². The maximum absolute atomic E-state index is 15.3. The fraction of sp³-hybridized carbons (Fsp3) is 0.826. The van der Waals surface area contributed by atoms with Gasteiger partial charge in [-0.05, 0) is 147 Å². The Kier molecular flexibility index (Phi) is 31.1. The van der Waals surface area contributed by atoms with Gasteiger partial charge in [0.2, 0.25) is 70.9 Å². The van der Waals surface area contributed by atoms with E-state index < -0.39 is 156 Å². The van der Waals surface area contributed by atoms with E-state index in [0.717, 1.165) is 19.3 Å². The molecular formula is C69H116FIN12O13. The first-order valence-electron chi connectivity index (χ1n) is 35.3. The number of amides is 12. The van der Waals surface area contributed by atoms with E-state index in [9.17, 15) is 47.9 Å². The average molecular weight is 1470 g/mol. The van der Waals surface area contributed by atoms with Crippen molar-refractivity contribution in [1.29, 1.82) is 0 Å². The monoisotopic (exact) mass is 1470 g/mol. The van der Waals surface area contributed by atoms with Gasteiger partial charge in [-0.15, -0.1) is 0 Å². The number of hydrogen-bond acceptors (Lipinski definition) is 13. The number of nitrogens with zero attached hydrogens (tertiary/aromatic N) is 8. The minimum absolute atomic E-state index is 0.0000984. The van der Waals surface area contributed by atoms with Gasteiger partial charge in [-0.25, -0.2) is 4.39 Å². The number of ether oxygens (including phenoxy) is 1. The lowest BCUT2D eigenvalue weighted by molar-refractivity contribution is -0.160.